The van der Waals surface area contributed by atoms with Crippen LogP contribution < -0.4 is 5.32 Å². The van der Waals surface area contributed by atoms with Crippen molar-refractivity contribution in [1.82, 2.24) is 15.1 Å². The number of alkyl halides is 3. The van der Waals surface area contributed by atoms with Crippen LogP contribution in [-0.4, -0.2) is 15.7 Å². The standard InChI is InChI=1S/C17H12F3N3O/c1-2-21-16(24)13-10-22-23(15(13)17(18,19)20)14-9-5-7-11-6-3-4-8-12(11)14/h2-10H,1H2,(H,21,24). The van der Waals surface area contributed by atoms with Crippen LogP contribution >= 0.6 is 0 Å². The predicted molar refractivity (Wildman–Crippen MR) is 83.7 cm³/mol. The second-order valence-electron chi connectivity index (χ2n) is 4.99. The lowest BCUT2D eigenvalue weighted by molar-refractivity contribution is -0.143. The molecule has 1 N–H and O–H groups in total. The van der Waals surface area contributed by atoms with Gasteiger partial charge in [-0.1, -0.05) is 43.0 Å². The van der Waals surface area contributed by atoms with Crippen LogP contribution in [0.4, 0.5) is 13.2 Å². The minimum atomic E-state index is -4.75. The molecule has 0 unspecified atom stereocenters. The number of halogens is 3. The summed E-state index contributed by atoms with van der Waals surface area (Å²) in [5.74, 6) is -0.913. The highest BCUT2D eigenvalue weighted by molar-refractivity contribution is 5.96. The number of nitrogens with one attached hydrogen (secondary N) is 1. The Hall–Kier alpha value is -3.09. The summed E-state index contributed by atoms with van der Waals surface area (Å²) in [5, 5.41) is 7.33. The molecular weight excluding hydrogens is 319 g/mol. The third-order valence-corrected chi connectivity index (χ3v) is 3.51. The lowest BCUT2D eigenvalue weighted by atomic mass is 10.1. The average Bonchev–Trinajstić information content (AvgIpc) is 3.00. The zero-order chi connectivity index (χ0) is 17.3. The van der Waals surface area contributed by atoms with Crippen LogP contribution in [0.1, 0.15) is 16.1 Å². The minimum Gasteiger partial charge on any atom is -0.329 e. The van der Waals surface area contributed by atoms with E-state index >= 15 is 0 Å². The maximum Gasteiger partial charge on any atom is 0.434 e. The number of carbonyl (C=O) groups excluding carboxylic acids is 1. The molecule has 0 aliphatic rings. The topological polar surface area (TPSA) is 46.9 Å². The lowest BCUT2D eigenvalue weighted by Gasteiger charge is -2.14. The van der Waals surface area contributed by atoms with E-state index < -0.39 is 23.3 Å². The molecule has 4 nitrogen and oxygen atoms in total. The molecule has 3 rings (SSSR count). The molecule has 0 saturated carbocycles. The van der Waals surface area contributed by atoms with E-state index in [1.54, 1.807) is 36.4 Å². The van der Waals surface area contributed by atoms with E-state index in [0.29, 0.717) is 5.39 Å². The molecule has 0 aliphatic carbocycles. The third-order valence-electron chi connectivity index (χ3n) is 3.51. The Labute approximate surface area is 135 Å². The van der Waals surface area contributed by atoms with Crippen LogP contribution in [0.5, 0.6) is 0 Å². The number of benzene rings is 2. The Kier molecular flexibility index (Phi) is 3.84. The van der Waals surface area contributed by atoms with E-state index in [-0.39, 0.29) is 5.69 Å². The van der Waals surface area contributed by atoms with Gasteiger partial charge >= 0.3 is 6.18 Å². The van der Waals surface area contributed by atoms with Gasteiger partial charge in [-0.05, 0) is 17.7 Å². The summed E-state index contributed by atoms with van der Waals surface area (Å²) in [5.41, 5.74) is -1.44. The van der Waals surface area contributed by atoms with Gasteiger partial charge in [-0.15, -0.1) is 0 Å². The van der Waals surface area contributed by atoms with Crippen molar-refractivity contribution in [2.45, 2.75) is 6.18 Å². The summed E-state index contributed by atoms with van der Waals surface area (Å²) in [6.07, 6.45) is -2.82. The SMILES string of the molecule is C=CNC(=O)c1cnn(-c2cccc3ccccc23)c1C(F)(F)F. The number of fused-ring (bicyclic) bond motifs is 1. The van der Waals surface area contributed by atoms with Crippen molar-refractivity contribution < 1.29 is 18.0 Å². The van der Waals surface area contributed by atoms with Crippen molar-refractivity contribution in [3.05, 3.63) is 72.7 Å². The van der Waals surface area contributed by atoms with Gasteiger partial charge in [-0.25, -0.2) is 4.68 Å². The zero-order valence-electron chi connectivity index (χ0n) is 12.3. The molecule has 0 fully saturated rings. The van der Waals surface area contributed by atoms with E-state index in [1.165, 1.54) is 6.07 Å². The first kappa shape index (κ1) is 15.8. The molecule has 1 heterocycles. The van der Waals surface area contributed by atoms with Crippen molar-refractivity contribution in [3.8, 4) is 5.69 Å². The first-order valence-electron chi connectivity index (χ1n) is 6.98. The van der Waals surface area contributed by atoms with Crippen LogP contribution in [-0.2, 0) is 6.18 Å². The Morgan fingerprint density at radius 2 is 1.88 bits per heavy atom. The van der Waals surface area contributed by atoms with Crippen LogP contribution in [0.15, 0.2) is 61.4 Å². The number of hydrogen-bond acceptors (Lipinski definition) is 2. The Morgan fingerprint density at radius 3 is 2.58 bits per heavy atom. The maximum atomic E-state index is 13.6. The van der Waals surface area contributed by atoms with Crippen LogP contribution in [0.2, 0.25) is 0 Å². The largest absolute Gasteiger partial charge is 0.434 e. The van der Waals surface area contributed by atoms with E-state index in [0.717, 1.165) is 22.5 Å². The molecule has 1 aromatic heterocycles. The first-order chi connectivity index (χ1) is 11.4. The second-order valence-corrected chi connectivity index (χ2v) is 4.99. The van der Waals surface area contributed by atoms with Crippen LogP contribution in [0.25, 0.3) is 16.5 Å². The molecule has 7 heteroatoms. The summed E-state index contributed by atoms with van der Waals surface area (Å²) in [6, 6.07) is 12.0. The molecule has 122 valence electrons. The Bertz CT molecular complexity index is 923. The highest BCUT2D eigenvalue weighted by Crippen LogP contribution is 2.35. The Balaban J connectivity index is 2.28. The van der Waals surface area contributed by atoms with Crippen LogP contribution in [0, 0.1) is 0 Å². The summed E-state index contributed by atoms with van der Waals surface area (Å²) in [6.45, 7) is 3.28. The molecule has 0 spiro atoms. The van der Waals surface area contributed by atoms with Gasteiger partial charge in [0.2, 0.25) is 0 Å². The predicted octanol–water partition coefficient (Wildman–Crippen LogP) is 3.92. The Morgan fingerprint density at radius 1 is 1.17 bits per heavy atom. The fourth-order valence-corrected chi connectivity index (χ4v) is 2.53. The highest BCUT2D eigenvalue weighted by atomic mass is 19.4. The van der Waals surface area contributed by atoms with E-state index in [9.17, 15) is 18.0 Å². The molecule has 0 atom stereocenters. The highest BCUT2D eigenvalue weighted by Gasteiger charge is 2.40. The van der Waals surface area contributed by atoms with Gasteiger partial charge in [-0.3, -0.25) is 4.79 Å². The normalized spacial score (nSPS) is 11.5. The number of rotatable bonds is 3. The molecular formula is C17H12F3N3O. The summed E-state index contributed by atoms with van der Waals surface area (Å²) in [7, 11) is 0. The van der Waals surface area contributed by atoms with Gasteiger partial charge in [0.25, 0.3) is 5.91 Å². The van der Waals surface area contributed by atoms with E-state index in [4.69, 9.17) is 0 Å². The third kappa shape index (κ3) is 2.64. The fourth-order valence-electron chi connectivity index (χ4n) is 2.53. The van der Waals surface area contributed by atoms with Gasteiger partial charge in [0.15, 0.2) is 5.69 Å². The average molecular weight is 331 g/mol. The molecule has 0 radical (unpaired) electrons. The van der Waals surface area contributed by atoms with Gasteiger partial charge < -0.3 is 5.32 Å². The van der Waals surface area contributed by atoms with Crippen LogP contribution in [0.3, 0.4) is 0 Å². The monoisotopic (exact) mass is 331 g/mol. The van der Waals surface area contributed by atoms with Crippen molar-refractivity contribution >= 4 is 16.7 Å². The van der Waals surface area contributed by atoms with Gasteiger partial charge in [0.05, 0.1) is 17.4 Å². The van der Waals surface area contributed by atoms with E-state index in [1.807, 2.05) is 0 Å². The number of carbonyl (C=O) groups is 1. The molecule has 2 aromatic carbocycles. The number of nitrogens with zero attached hydrogens (tertiary/aromatic N) is 2. The minimum absolute atomic E-state index is 0.248. The number of aromatic nitrogens is 2. The quantitative estimate of drug-likeness (QED) is 0.791. The fraction of sp³-hybridized carbons (Fsp3) is 0.0588. The summed E-state index contributed by atoms with van der Waals surface area (Å²) in [4.78, 5) is 11.9. The van der Waals surface area contributed by atoms with Crippen molar-refractivity contribution in [3.63, 3.8) is 0 Å². The summed E-state index contributed by atoms with van der Waals surface area (Å²) >= 11 is 0. The van der Waals surface area contributed by atoms with Crippen molar-refractivity contribution in [2.24, 2.45) is 0 Å². The molecule has 0 bridgehead atoms. The molecule has 1 amide bonds. The molecule has 3 aromatic rings. The van der Waals surface area contributed by atoms with E-state index in [2.05, 4.69) is 17.0 Å². The number of amides is 1. The van der Waals surface area contributed by atoms with Gasteiger partial charge in [0.1, 0.15) is 0 Å². The molecule has 0 aliphatic heterocycles. The van der Waals surface area contributed by atoms with Crippen molar-refractivity contribution in [1.29, 1.82) is 0 Å². The zero-order valence-corrected chi connectivity index (χ0v) is 12.3. The number of hydrogen-bond donors (Lipinski definition) is 1. The lowest BCUT2D eigenvalue weighted by Crippen LogP contribution is -2.23. The molecule has 24 heavy (non-hydrogen) atoms. The first-order valence-corrected chi connectivity index (χ1v) is 6.98. The smallest absolute Gasteiger partial charge is 0.329 e. The van der Waals surface area contributed by atoms with Crippen molar-refractivity contribution in [2.75, 3.05) is 0 Å². The maximum absolute atomic E-state index is 13.6. The molecule has 0 saturated heterocycles. The summed E-state index contributed by atoms with van der Waals surface area (Å²) < 4.78 is 41.4. The van der Waals surface area contributed by atoms with Gasteiger partial charge in [-0.2, -0.15) is 18.3 Å². The van der Waals surface area contributed by atoms with Gasteiger partial charge in [0, 0.05) is 5.39 Å². The second kappa shape index (κ2) is 5.84.